The topological polar surface area (TPSA) is 70.6 Å². The van der Waals surface area contributed by atoms with Gasteiger partial charge in [-0.05, 0) is 38.8 Å². The minimum absolute atomic E-state index is 0.249. The van der Waals surface area contributed by atoms with Gasteiger partial charge in [0.15, 0.2) is 0 Å². The van der Waals surface area contributed by atoms with Crippen LogP contribution in [-0.2, 0) is 9.53 Å². The molecular formula is C13H28N2O3. The van der Waals surface area contributed by atoms with Gasteiger partial charge in [0.1, 0.15) is 0 Å². The van der Waals surface area contributed by atoms with E-state index in [1.807, 2.05) is 0 Å². The lowest BCUT2D eigenvalue weighted by atomic mass is 10.2. The fourth-order valence-corrected chi connectivity index (χ4v) is 1.52. The van der Waals surface area contributed by atoms with Crippen LogP contribution in [0.4, 0.5) is 0 Å². The predicted octanol–water partition coefficient (Wildman–Crippen LogP) is 1.24. The quantitative estimate of drug-likeness (QED) is 0.410. The number of likely N-dealkylation sites (N-methyl/N-ethyl adjacent to an activating group) is 1. The first-order valence-electron chi connectivity index (χ1n) is 6.98. The highest BCUT2D eigenvalue weighted by Gasteiger charge is 1.96. The Bertz CT molecular complexity index is 189. The molecule has 0 unspecified atom stereocenters. The van der Waals surface area contributed by atoms with E-state index in [1.165, 1.54) is 0 Å². The second-order valence-electron chi connectivity index (χ2n) is 4.27. The number of nitrogens with one attached hydrogen (secondary N) is 2. The van der Waals surface area contributed by atoms with E-state index in [0.717, 1.165) is 52.0 Å². The maximum Gasteiger partial charge on any atom is 0.303 e. The fourth-order valence-electron chi connectivity index (χ4n) is 1.52. The third-order valence-corrected chi connectivity index (χ3v) is 2.55. The Kier molecular flexibility index (Phi) is 13.9. The molecule has 0 spiro atoms. The number of aliphatic carboxylic acids is 1. The standard InChI is InChI=1S/C13H28N2O3/c1-2-14-9-10-15-8-4-6-12-18-11-5-3-7-13(16)17/h14-15H,2-12H2,1H3,(H,16,17). The van der Waals surface area contributed by atoms with Gasteiger partial charge in [-0.3, -0.25) is 4.79 Å². The van der Waals surface area contributed by atoms with Crippen molar-refractivity contribution in [3.63, 3.8) is 0 Å². The van der Waals surface area contributed by atoms with Crippen LogP contribution in [0, 0.1) is 0 Å². The zero-order chi connectivity index (χ0) is 13.5. The Morgan fingerprint density at radius 1 is 1.00 bits per heavy atom. The van der Waals surface area contributed by atoms with E-state index >= 15 is 0 Å². The molecule has 0 saturated heterocycles. The maximum atomic E-state index is 10.2. The zero-order valence-electron chi connectivity index (χ0n) is 11.5. The largest absolute Gasteiger partial charge is 0.481 e. The van der Waals surface area contributed by atoms with Crippen LogP contribution in [0.25, 0.3) is 0 Å². The summed E-state index contributed by atoms with van der Waals surface area (Å²) in [5, 5.41) is 15.1. The van der Waals surface area contributed by atoms with Gasteiger partial charge in [0.2, 0.25) is 0 Å². The Hall–Kier alpha value is -0.650. The molecule has 0 aliphatic heterocycles. The third-order valence-electron chi connectivity index (χ3n) is 2.55. The molecule has 0 amide bonds. The van der Waals surface area contributed by atoms with Gasteiger partial charge in [0.05, 0.1) is 0 Å². The second kappa shape index (κ2) is 14.4. The van der Waals surface area contributed by atoms with Gasteiger partial charge >= 0.3 is 5.97 Å². The highest BCUT2D eigenvalue weighted by Crippen LogP contribution is 1.97. The molecule has 18 heavy (non-hydrogen) atoms. The fraction of sp³-hybridized carbons (Fsp3) is 0.923. The SMILES string of the molecule is CCNCCNCCCCOCCCCC(=O)O. The van der Waals surface area contributed by atoms with Gasteiger partial charge in [-0.15, -0.1) is 0 Å². The molecule has 0 aromatic carbocycles. The first-order valence-corrected chi connectivity index (χ1v) is 6.98. The van der Waals surface area contributed by atoms with E-state index in [4.69, 9.17) is 9.84 Å². The van der Waals surface area contributed by atoms with Gasteiger partial charge in [0.25, 0.3) is 0 Å². The minimum atomic E-state index is -0.723. The summed E-state index contributed by atoms with van der Waals surface area (Å²) in [4.78, 5) is 10.2. The molecule has 0 heterocycles. The lowest BCUT2D eigenvalue weighted by Crippen LogP contribution is -2.27. The van der Waals surface area contributed by atoms with Crippen molar-refractivity contribution in [2.24, 2.45) is 0 Å². The van der Waals surface area contributed by atoms with E-state index in [1.54, 1.807) is 0 Å². The highest BCUT2D eigenvalue weighted by molar-refractivity contribution is 5.66. The van der Waals surface area contributed by atoms with Crippen LogP contribution in [0.3, 0.4) is 0 Å². The summed E-state index contributed by atoms with van der Waals surface area (Å²) in [6.45, 7) is 7.67. The van der Waals surface area contributed by atoms with Crippen LogP contribution < -0.4 is 10.6 Å². The summed E-state index contributed by atoms with van der Waals surface area (Å²) >= 11 is 0. The van der Waals surface area contributed by atoms with Crippen LogP contribution in [0.15, 0.2) is 0 Å². The van der Waals surface area contributed by atoms with Gasteiger partial charge < -0.3 is 20.5 Å². The minimum Gasteiger partial charge on any atom is -0.481 e. The lowest BCUT2D eigenvalue weighted by molar-refractivity contribution is -0.137. The number of rotatable bonds is 14. The molecule has 0 fully saturated rings. The van der Waals surface area contributed by atoms with Crippen molar-refractivity contribution in [2.45, 2.75) is 39.0 Å². The molecule has 0 aromatic rings. The molecule has 0 bridgehead atoms. The first-order chi connectivity index (χ1) is 8.77. The third kappa shape index (κ3) is 15.4. The summed E-state index contributed by atoms with van der Waals surface area (Å²) in [7, 11) is 0. The van der Waals surface area contributed by atoms with Crippen molar-refractivity contribution in [1.82, 2.24) is 10.6 Å². The first kappa shape index (κ1) is 17.4. The smallest absolute Gasteiger partial charge is 0.303 e. The highest BCUT2D eigenvalue weighted by atomic mass is 16.5. The maximum absolute atomic E-state index is 10.2. The zero-order valence-corrected chi connectivity index (χ0v) is 11.5. The molecule has 3 N–H and O–H groups in total. The van der Waals surface area contributed by atoms with Crippen molar-refractivity contribution >= 4 is 5.97 Å². The molecular weight excluding hydrogens is 232 g/mol. The van der Waals surface area contributed by atoms with E-state index in [2.05, 4.69) is 17.6 Å². The average Bonchev–Trinajstić information content (AvgIpc) is 2.34. The molecule has 0 saturated carbocycles. The van der Waals surface area contributed by atoms with Crippen LogP contribution in [0.2, 0.25) is 0 Å². The van der Waals surface area contributed by atoms with E-state index < -0.39 is 5.97 Å². The van der Waals surface area contributed by atoms with E-state index in [0.29, 0.717) is 13.0 Å². The Balaban J connectivity index is 2.92. The number of hydrogen-bond donors (Lipinski definition) is 3. The number of carboxylic acids is 1. The van der Waals surface area contributed by atoms with Crippen LogP contribution in [-0.4, -0.2) is 50.5 Å². The normalized spacial score (nSPS) is 10.7. The van der Waals surface area contributed by atoms with Crippen molar-refractivity contribution in [1.29, 1.82) is 0 Å². The van der Waals surface area contributed by atoms with Crippen LogP contribution >= 0.6 is 0 Å². The Morgan fingerprint density at radius 3 is 2.33 bits per heavy atom. The van der Waals surface area contributed by atoms with Crippen molar-refractivity contribution in [3.8, 4) is 0 Å². The number of carbonyl (C=O) groups is 1. The van der Waals surface area contributed by atoms with Crippen LogP contribution in [0.1, 0.15) is 39.0 Å². The summed E-state index contributed by atoms with van der Waals surface area (Å²) in [6, 6.07) is 0. The van der Waals surface area contributed by atoms with Gasteiger partial charge in [-0.2, -0.15) is 0 Å². The lowest BCUT2D eigenvalue weighted by Gasteiger charge is -2.06. The molecule has 0 aliphatic carbocycles. The van der Waals surface area contributed by atoms with E-state index in [-0.39, 0.29) is 6.42 Å². The van der Waals surface area contributed by atoms with Crippen molar-refractivity contribution in [2.75, 3.05) is 39.4 Å². The summed E-state index contributed by atoms with van der Waals surface area (Å²) in [5.74, 6) is -0.723. The number of carboxylic acid groups (broad SMARTS) is 1. The van der Waals surface area contributed by atoms with Crippen molar-refractivity contribution in [3.05, 3.63) is 0 Å². The second-order valence-corrected chi connectivity index (χ2v) is 4.27. The number of unbranched alkanes of at least 4 members (excludes halogenated alkanes) is 2. The van der Waals surface area contributed by atoms with Gasteiger partial charge in [0, 0.05) is 32.7 Å². The molecule has 5 heteroatoms. The molecule has 0 radical (unpaired) electrons. The van der Waals surface area contributed by atoms with Crippen molar-refractivity contribution < 1.29 is 14.6 Å². The Labute approximate surface area is 110 Å². The summed E-state index contributed by atoms with van der Waals surface area (Å²) < 4.78 is 5.43. The predicted molar refractivity (Wildman–Crippen MR) is 73.0 cm³/mol. The molecule has 5 nitrogen and oxygen atoms in total. The molecule has 0 aliphatic rings. The van der Waals surface area contributed by atoms with Crippen LogP contribution in [0.5, 0.6) is 0 Å². The molecule has 0 rings (SSSR count). The Morgan fingerprint density at radius 2 is 1.67 bits per heavy atom. The molecule has 108 valence electrons. The van der Waals surface area contributed by atoms with E-state index in [9.17, 15) is 4.79 Å². The van der Waals surface area contributed by atoms with Gasteiger partial charge in [-0.25, -0.2) is 0 Å². The summed E-state index contributed by atoms with van der Waals surface area (Å²) in [5.41, 5.74) is 0. The van der Waals surface area contributed by atoms with Gasteiger partial charge in [-0.1, -0.05) is 6.92 Å². The molecule has 0 aromatic heterocycles. The molecule has 0 atom stereocenters. The monoisotopic (exact) mass is 260 g/mol. The average molecular weight is 260 g/mol. The number of ether oxygens (including phenoxy) is 1. The summed E-state index contributed by atoms with van der Waals surface area (Å²) in [6.07, 6.45) is 3.99. The number of hydrogen-bond acceptors (Lipinski definition) is 4.